The van der Waals surface area contributed by atoms with Crippen LogP contribution in [-0.4, -0.2) is 59.4 Å². The van der Waals surface area contributed by atoms with E-state index in [4.69, 9.17) is 21.4 Å². The highest BCUT2D eigenvalue weighted by Gasteiger charge is 2.42. The number of halogens is 3. The molecular weight excluding hydrogens is 808 g/mol. The number of imidazole rings is 2. The Labute approximate surface area is 359 Å². The number of hydrogen-bond donors (Lipinski definition) is 3. The number of alkyl halides is 3. The number of carbonyl (C=O) groups is 2. The Morgan fingerprint density at radius 2 is 1.03 bits per heavy atom. The highest BCUT2D eigenvalue weighted by molar-refractivity contribution is 5.96. The molecule has 2 saturated carbocycles. The number of fused-ring (bicyclic) bond motifs is 2. The van der Waals surface area contributed by atoms with E-state index in [2.05, 4.69) is 22.3 Å². The Balaban J connectivity index is 0.000000162. The minimum atomic E-state index is -5.00. The first-order chi connectivity index (χ1) is 30.2. The molecule has 4 aromatic heterocycles. The van der Waals surface area contributed by atoms with Gasteiger partial charge < -0.3 is 16.6 Å². The van der Waals surface area contributed by atoms with Crippen molar-refractivity contribution in [1.82, 2.24) is 29.2 Å². The third kappa shape index (κ3) is 7.70. The second-order valence-electron chi connectivity index (χ2n) is 16.1. The fraction of sp³-hybridized carbons (Fsp3) is 0.208. The van der Waals surface area contributed by atoms with Gasteiger partial charge in [-0.1, -0.05) is 109 Å². The molecule has 2 aliphatic carbocycles. The van der Waals surface area contributed by atoms with Crippen LogP contribution in [0.2, 0.25) is 0 Å². The van der Waals surface area contributed by atoms with Gasteiger partial charge in [-0.25, -0.2) is 23.8 Å². The van der Waals surface area contributed by atoms with Crippen LogP contribution in [0.1, 0.15) is 60.1 Å². The van der Waals surface area contributed by atoms with Gasteiger partial charge in [0.2, 0.25) is 0 Å². The molecule has 0 atom stereocenters. The first-order valence-corrected chi connectivity index (χ1v) is 20.5. The SMILES string of the molecule is CN(C(=O)C(F)(F)F)c1ccc2nc(-c3ccc(C4(N)CCC4)cc3)c(-c3ccccc3)n2n1.NC1(c2ccc(-c3nc4ccc(C(=O)O)nn4c3-c3ccccc3)cc2)CCC1. The van der Waals surface area contributed by atoms with Gasteiger partial charge in [-0.15, -0.1) is 5.10 Å². The maximum atomic E-state index is 13.0. The molecular formula is C48H42F3N9O3. The first kappa shape index (κ1) is 41.1. The van der Waals surface area contributed by atoms with Crippen molar-refractivity contribution < 1.29 is 27.9 Å². The van der Waals surface area contributed by atoms with Gasteiger partial charge in [-0.3, -0.25) is 9.69 Å². The fourth-order valence-corrected chi connectivity index (χ4v) is 8.17. The lowest BCUT2D eigenvalue weighted by Gasteiger charge is -2.38. The number of carbonyl (C=O) groups excluding carboxylic acids is 1. The topological polar surface area (TPSA) is 170 Å². The summed E-state index contributed by atoms with van der Waals surface area (Å²) in [6, 6.07) is 41.3. The molecule has 4 aromatic carbocycles. The normalized spacial score (nSPS) is 15.2. The van der Waals surface area contributed by atoms with Crippen LogP contribution in [0.3, 0.4) is 0 Å². The number of aromatic nitrogens is 6. The molecule has 5 N–H and O–H groups in total. The van der Waals surface area contributed by atoms with Gasteiger partial charge in [0.05, 0.1) is 11.4 Å². The molecule has 0 aliphatic heterocycles. The zero-order valence-electron chi connectivity index (χ0n) is 34.1. The molecule has 0 radical (unpaired) electrons. The van der Waals surface area contributed by atoms with E-state index in [1.165, 1.54) is 23.1 Å². The van der Waals surface area contributed by atoms with Crippen molar-refractivity contribution in [2.24, 2.45) is 11.5 Å². The van der Waals surface area contributed by atoms with Gasteiger partial charge in [0, 0.05) is 40.4 Å². The van der Waals surface area contributed by atoms with E-state index in [0.717, 1.165) is 83.9 Å². The van der Waals surface area contributed by atoms with Crippen LogP contribution in [0.15, 0.2) is 133 Å². The van der Waals surface area contributed by atoms with Crippen LogP contribution >= 0.6 is 0 Å². The average Bonchev–Trinajstić information content (AvgIpc) is 3.86. The second kappa shape index (κ2) is 15.9. The summed E-state index contributed by atoms with van der Waals surface area (Å²) in [5.41, 5.74) is 21.9. The van der Waals surface area contributed by atoms with Crippen molar-refractivity contribution in [2.45, 2.75) is 55.8 Å². The van der Waals surface area contributed by atoms with Crippen LogP contribution in [0.4, 0.5) is 19.0 Å². The van der Waals surface area contributed by atoms with Gasteiger partial charge in [-0.05, 0) is 73.9 Å². The van der Waals surface area contributed by atoms with Crippen molar-refractivity contribution in [3.05, 3.63) is 150 Å². The summed E-state index contributed by atoms with van der Waals surface area (Å²) in [6.07, 6.45) is 1.20. The molecule has 10 rings (SSSR count). The van der Waals surface area contributed by atoms with Gasteiger partial charge in [0.15, 0.2) is 22.8 Å². The summed E-state index contributed by atoms with van der Waals surface area (Å²) in [6.45, 7) is 0. The van der Waals surface area contributed by atoms with E-state index in [0.29, 0.717) is 27.6 Å². The van der Waals surface area contributed by atoms with E-state index in [1.807, 2.05) is 97.1 Å². The van der Waals surface area contributed by atoms with Crippen molar-refractivity contribution in [3.8, 4) is 45.0 Å². The van der Waals surface area contributed by atoms with Crippen LogP contribution in [0, 0.1) is 0 Å². The molecule has 2 fully saturated rings. The Hall–Kier alpha value is -7.23. The van der Waals surface area contributed by atoms with Crippen LogP contribution in [0.25, 0.3) is 56.3 Å². The summed E-state index contributed by atoms with van der Waals surface area (Å²) in [7, 11) is 1.05. The third-order valence-electron chi connectivity index (χ3n) is 12.1. The minimum Gasteiger partial charge on any atom is -0.476 e. The van der Waals surface area contributed by atoms with Crippen molar-refractivity contribution in [2.75, 3.05) is 11.9 Å². The largest absolute Gasteiger partial charge is 0.476 e. The molecule has 318 valence electrons. The number of aromatic carboxylic acids is 1. The van der Waals surface area contributed by atoms with E-state index in [-0.39, 0.29) is 22.6 Å². The summed E-state index contributed by atoms with van der Waals surface area (Å²) >= 11 is 0. The number of carboxylic acid groups (broad SMARTS) is 1. The monoisotopic (exact) mass is 849 g/mol. The van der Waals surface area contributed by atoms with Crippen LogP contribution in [-0.2, 0) is 15.9 Å². The molecule has 0 saturated heterocycles. The van der Waals surface area contributed by atoms with Crippen LogP contribution < -0.4 is 16.4 Å². The number of benzene rings is 4. The lowest BCUT2D eigenvalue weighted by molar-refractivity contribution is -0.170. The van der Waals surface area contributed by atoms with Gasteiger partial charge in [-0.2, -0.15) is 18.3 Å². The quantitative estimate of drug-likeness (QED) is 0.135. The van der Waals surface area contributed by atoms with E-state index >= 15 is 0 Å². The second-order valence-corrected chi connectivity index (χ2v) is 16.1. The van der Waals surface area contributed by atoms with Crippen molar-refractivity contribution >= 4 is 29.0 Å². The Kier molecular flexibility index (Phi) is 10.4. The van der Waals surface area contributed by atoms with Gasteiger partial charge in [0.1, 0.15) is 11.4 Å². The molecule has 4 heterocycles. The average molecular weight is 850 g/mol. The highest BCUT2D eigenvalue weighted by atomic mass is 19.4. The van der Waals surface area contributed by atoms with Gasteiger partial charge >= 0.3 is 18.1 Å². The fourth-order valence-electron chi connectivity index (χ4n) is 8.17. The molecule has 0 spiro atoms. The lowest BCUT2D eigenvalue weighted by atomic mass is 9.72. The number of anilines is 1. The van der Waals surface area contributed by atoms with Gasteiger partial charge in [0.25, 0.3) is 0 Å². The Morgan fingerprint density at radius 3 is 1.43 bits per heavy atom. The molecule has 0 bridgehead atoms. The van der Waals surface area contributed by atoms with E-state index < -0.39 is 18.1 Å². The lowest BCUT2D eigenvalue weighted by Crippen LogP contribution is -2.43. The molecule has 15 heteroatoms. The maximum Gasteiger partial charge on any atom is 0.471 e. The standard InChI is InChI=1S/C25H22F3N5O.C23H20N4O2/c1-32(23(34)25(26,27)28)20-13-12-19-30-21(22(33(19)31-20)17-6-3-2-4-7-17)16-8-10-18(11-9-16)24(29)14-5-15-24;24-23(13-4-14-23)17-9-7-15(8-10-17)20-21(16-5-2-1-3-6-16)27-19(25-20)12-11-18(26-27)22(28)29/h2-4,6-13H,5,14-15,29H2,1H3;1-3,5-12H,4,13-14,24H2,(H,28,29). The third-order valence-corrected chi connectivity index (χ3v) is 12.1. The van der Waals surface area contributed by atoms with Crippen molar-refractivity contribution in [3.63, 3.8) is 0 Å². The molecule has 1 amide bonds. The Morgan fingerprint density at radius 1 is 0.603 bits per heavy atom. The molecule has 2 aliphatic rings. The number of hydrogen-bond acceptors (Lipinski definition) is 8. The van der Waals surface area contributed by atoms with Crippen LogP contribution in [0.5, 0.6) is 0 Å². The molecule has 12 nitrogen and oxygen atoms in total. The summed E-state index contributed by atoms with van der Waals surface area (Å²) in [4.78, 5) is 33.2. The zero-order chi connectivity index (χ0) is 44.1. The molecule has 8 aromatic rings. The number of amides is 1. The number of rotatable bonds is 8. The molecule has 63 heavy (non-hydrogen) atoms. The smallest absolute Gasteiger partial charge is 0.471 e. The van der Waals surface area contributed by atoms with Crippen molar-refractivity contribution in [1.29, 1.82) is 0 Å². The minimum absolute atomic E-state index is 0.0240. The number of nitrogens with zero attached hydrogens (tertiary/aromatic N) is 7. The first-order valence-electron chi connectivity index (χ1n) is 20.5. The predicted octanol–water partition coefficient (Wildman–Crippen LogP) is 9.03. The highest BCUT2D eigenvalue weighted by Crippen LogP contribution is 2.42. The summed E-state index contributed by atoms with van der Waals surface area (Å²) < 4.78 is 42.0. The summed E-state index contributed by atoms with van der Waals surface area (Å²) in [5, 5.41) is 18.0. The zero-order valence-corrected chi connectivity index (χ0v) is 34.1. The Bertz CT molecular complexity index is 2980. The maximum absolute atomic E-state index is 13.0. The number of carboxylic acids is 1. The summed E-state index contributed by atoms with van der Waals surface area (Å²) in [5.74, 6) is -3.20. The predicted molar refractivity (Wildman–Crippen MR) is 234 cm³/mol. The van der Waals surface area contributed by atoms with E-state index in [1.54, 1.807) is 16.6 Å². The number of nitrogens with two attached hydrogens (primary N) is 2. The van der Waals surface area contributed by atoms with E-state index in [9.17, 15) is 27.9 Å². The molecule has 0 unspecified atom stereocenters.